The molecule has 1 aliphatic heterocycles. The van der Waals surface area contributed by atoms with Gasteiger partial charge < -0.3 is 11.1 Å². The van der Waals surface area contributed by atoms with E-state index in [0.717, 1.165) is 11.3 Å². The Labute approximate surface area is 76.0 Å². The minimum absolute atomic E-state index is 0.241. The van der Waals surface area contributed by atoms with Crippen molar-refractivity contribution in [2.24, 2.45) is 17.8 Å². The molecule has 1 aromatic rings. The zero-order chi connectivity index (χ0) is 9.26. The Morgan fingerprint density at radius 2 is 2.46 bits per heavy atom. The number of nitrogens with one attached hydrogen (secondary N) is 1. The Hall–Kier alpha value is -1.62. The Morgan fingerprint density at radius 1 is 1.62 bits per heavy atom. The lowest BCUT2D eigenvalue weighted by Gasteiger charge is -2.16. The van der Waals surface area contributed by atoms with Crippen LogP contribution in [0.2, 0.25) is 0 Å². The van der Waals surface area contributed by atoms with Crippen LogP contribution in [-0.2, 0) is 7.05 Å². The van der Waals surface area contributed by atoms with E-state index in [0.29, 0.717) is 0 Å². The van der Waals surface area contributed by atoms with Crippen LogP contribution in [0.1, 0.15) is 5.56 Å². The molecule has 3 N–H and O–H groups in total. The summed E-state index contributed by atoms with van der Waals surface area (Å²) >= 11 is 0. The predicted octanol–water partition coefficient (Wildman–Crippen LogP) is -0.432. The monoisotopic (exact) mass is 177 g/mol. The Bertz CT molecular complexity index is 362. The maximum atomic E-state index is 5.79. The molecule has 0 fully saturated rings. The second kappa shape index (κ2) is 3.02. The number of aryl methyl sites for hydroxylation is 1. The molecule has 5 heteroatoms. The number of aliphatic imine (C=N–C) groups is 1. The normalized spacial score (nSPS) is 21.1. The van der Waals surface area contributed by atoms with Crippen LogP contribution in [0.5, 0.6) is 0 Å². The molecule has 0 radical (unpaired) electrons. The van der Waals surface area contributed by atoms with E-state index in [1.165, 1.54) is 0 Å². The quantitative estimate of drug-likeness (QED) is 0.611. The Balaban J connectivity index is 2.34. The van der Waals surface area contributed by atoms with E-state index in [-0.39, 0.29) is 6.17 Å². The van der Waals surface area contributed by atoms with Crippen molar-refractivity contribution in [1.29, 1.82) is 0 Å². The first-order valence-electron chi connectivity index (χ1n) is 4.01. The highest BCUT2D eigenvalue weighted by Gasteiger charge is 2.14. The zero-order valence-electron chi connectivity index (χ0n) is 7.31. The lowest BCUT2D eigenvalue weighted by Crippen LogP contribution is -2.43. The van der Waals surface area contributed by atoms with Gasteiger partial charge in [-0.3, -0.25) is 9.67 Å². The molecule has 1 aliphatic rings. The van der Waals surface area contributed by atoms with Crippen LogP contribution in [-0.4, -0.2) is 21.7 Å². The van der Waals surface area contributed by atoms with Gasteiger partial charge in [0.05, 0.1) is 11.9 Å². The average molecular weight is 177 g/mol. The molecule has 68 valence electrons. The molecule has 13 heavy (non-hydrogen) atoms. The van der Waals surface area contributed by atoms with E-state index in [1.807, 2.05) is 13.2 Å². The van der Waals surface area contributed by atoms with Crippen molar-refractivity contribution in [3.05, 3.63) is 30.4 Å². The smallest absolute Gasteiger partial charge is 0.118 e. The molecule has 0 aliphatic carbocycles. The summed E-state index contributed by atoms with van der Waals surface area (Å²) in [7, 11) is 1.86. The molecule has 0 bridgehead atoms. The van der Waals surface area contributed by atoms with Crippen molar-refractivity contribution in [1.82, 2.24) is 15.1 Å². The number of hydrogen-bond donors (Lipinski definition) is 2. The molecule has 1 atom stereocenters. The minimum atomic E-state index is -0.241. The first-order chi connectivity index (χ1) is 6.27. The summed E-state index contributed by atoms with van der Waals surface area (Å²) in [6.45, 7) is 0. The second-order valence-corrected chi connectivity index (χ2v) is 2.88. The van der Waals surface area contributed by atoms with Crippen LogP contribution in [0, 0.1) is 0 Å². The molecule has 0 spiro atoms. The summed E-state index contributed by atoms with van der Waals surface area (Å²) in [6.07, 6.45) is 6.81. The predicted molar refractivity (Wildman–Crippen MR) is 50.0 cm³/mol. The maximum absolute atomic E-state index is 5.79. The van der Waals surface area contributed by atoms with Gasteiger partial charge in [-0.2, -0.15) is 5.10 Å². The summed E-state index contributed by atoms with van der Waals surface area (Å²) in [4.78, 5) is 4.19. The van der Waals surface area contributed by atoms with Crippen LogP contribution in [0.3, 0.4) is 0 Å². The minimum Gasteiger partial charge on any atom is -0.370 e. The van der Waals surface area contributed by atoms with Gasteiger partial charge in [0.15, 0.2) is 0 Å². The van der Waals surface area contributed by atoms with E-state index in [1.54, 1.807) is 23.3 Å². The molecule has 2 rings (SSSR count). The zero-order valence-corrected chi connectivity index (χ0v) is 7.31. The second-order valence-electron chi connectivity index (χ2n) is 2.88. The number of nitrogens with zero attached hydrogens (tertiary/aromatic N) is 3. The molecular weight excluding hydrogens is 166 g/mol. The van der Waals surface area contributed by atoms with Gasteiger partial charge in [0.2, 0.25) is 0 Å². The van der Waals surface area contributed by atoms with E-state index in [4.69, 9.17) is 5.73 Å². The summed E-state index contributed by atoms with van der Waals surface area (Å²) in [5, 5.41) is 7.02. The fourth-order valence-electron chi connectivity index (χ4n) is 1.23. The lowest BCUT2D eigenvalue weighted by molar-refractivity contribution is 0.757. The maximum Gasteiger partial charge on any atom is 0.118 e. The van der Waals surface area contributed by atoms with E-state index >= 15 is 0 Å². The summed E-state index contributed by atoms with van der Waals surface area (Å²) in [5.74, 6) is 0. The first kappa shape index (κ1) is 8.00. The van der Waals surface area contributed by atoms with Crippen molar-refractivity contribution >= 4 is 5.71 Å². The fourth-order valence-corrected chi connectivity index (χ4v) is 1.23. The number of nitrogens with two attached hydrogens (primary N) is 1. The third kappa shape index (κ3) is 1.46. The number of hydrogen-bond acceptors (Lipinski definition) is 4. The van der Waals surface area contributed by atoms with Crippen molar-refractivity contribution in [2.75, 3.05) is 0 Å². The molecule has 0 saturated heterocycles. The number of rotatable bonds is 1. The first-order valence-corrected chi connectivity index (χ1v) is 4.01. The van der Waals surface area contributed by atoms with Crippen LogP contribution in [0.25, 0.3) is 0 Å². The van der Waals surface area contributed by atoms with Gasteiger partial charge in [-0.15, -0.1) is 0 Å². The standard InChI is InChI=1S/C8H11N5/c1-13-5-6(4-12-13)7-8(9)11-3-2-10-7/h2-5,8,11H,9H2,1H3. The van der Waals surface area contributed by atoms with Gasteiger partial charge >= 0.3 is 0 Å². The molecule has 0 amide bonds. The SMILES string of the molecule is Cn1cc(C2=NC=CNC2N)cn1. The molecule has 1 unspecified atom stereocenters. The topological polar surface area (TPSA) is 68.2 Å². The van der Waals surface area contributed by atoms with Gasteiger partial charge in [0.25, 0.3) is 0 Å². The average Bonchev–Trinajstić information content (AvgIpc) is 2.53. The van der Waals surface area contributed by atoms with Gasteiger partial charge in [-0.1, -0.05) is 0 Å². The van der Waals surface area contributed by atoms with Crippen molar-refractivity contribution < 1.29 is 0 Å². The van der Waals surface area contributed by atoms with Crippen LogP contribution < -0.4 is 11.1 Å². The highest BCUT2D eigenvalue weighted by Crippen LogP contribution is 2.04. The van der Waals surface area contributed by atoms with Gasteiger partial charge in [0, 0.05) is 31.2 Å². The van der Waals surface area contributed by atoms with Gasteiger partial charge in [-0.25, -0.2) is 0 Å². The molecule has 0 aromatic carbocycles. The molecule has 1 aromatic heterocycles. The van der Waals surface area contributed by atoms with Crippen LogP contribution in [0.15, 0.2) is 29.8 Å². The third-order valence-electron chi connectivity index (χ3n) is 1.86. The largest absolute Gasteiger partial charge is 0.370 e. The summed E-state index contributed by atoms with van der Waals surface area (Å²) in [5.41, 5.74) is 7.56. The molecular formula is C8H11N5. The molecule has 5 nitrogen and oxygen atoms in total. The van der Waals surface area contributed by atoms with Crippen LogP contribution >= 0.6 is 0 Å². The van der Waals surface area contributed by atoms with E-state index < -0.39 is 0 Å². The molecule has 2 heterocycles. The molecule has 0 saturated carbocycles. The fraction of sp³-hybridized carbons (Fsp3) is 0.250. The van der Waals surface area contributed by atoms with E-state index in [2.05, 4.69) is 15.4 Å². The van der Waals surface area contributed by atoms with Crippen LogP contribution in [0.4, 0.5) is 0 Å². The van der Waals surface area contributed by atoms with Crippen molar-refractivity contribution in [3.8, 4) is 0 Å². The van der Waals surface area contributed by atoms with Gasteiger partial charge in [-0.05, 0) is 0 Å². The lowest BCUT2D eigenvalue weighted by atomic mass is 10.1. The highest BCUT2D eigenvalue weighted by atomic mass is 15.2. The Morgan fingerprint density at radius 3 is 3.08 bits per heavy atom. The number of aromatic nitrogens is 2. The third-order valence-corrected chi connectivity index (χ3v) is 1.86. The van der Waals surface area contributed by atoms with Gasteiger partial charge in [0.1, 0.15) is 6.17 Å². The van der Waals surface area contributed by atoms with Crippen molar-refractivity contribution in [2.45, 2.75) is 6.17 Å². The summed E-state index contributed by atoms with van der Waals surface area (Å²) < 4.78 is 1.73. The van der Waals surface area contributed by atoms with E-state index in [9.17, 15) is 0 Å². The summed E-state index contributed by atoms with van der Waals surface area (Å²) in [6, 6.07) is 0. The highest BCUT2D eigenvalue weighted by molar-refractivity contribution is 6.04. The Kier molecular flexibility index (Phi) is 1.86. The van der Waals surface area contributed by atoms with Crippen molar-refractivity contribution in [3.63, 3.8) is 0 Å².